The van der Waals surface area contributed by atoms with E-state index < -0.39 is 0 Å². The minimum absolute atomic E-state index is 0.0214. The van der Waals surface area contributed by atoms with Gasteiger partial charge in [-0.05, 0) is 6.42 Å². The topological polar surface area (TPSA) is 40.9 Å². The van der Waals surface area contributed by atoms with E-state index in [1.807, 2.05) is 6.07 Å². The Morgan fingerprint density at radius 2 is 2.17 bits per heavy atom. The molecule has 0 saturated heterocycles. The van der Waals surface area contributed by atoms with Gasteiger partial charge in [0.05, 0.1) is 6.07 Å². The minimum atomic E-state index is -0.0214. The van der Waals surface area contributed by atoms with E-state index in [9.17, 15) is 4.79 Å². The number of aldehydes is 1. The Morgan fingerprint density at radius 1 is 1.42 bits per heavy atom. The van der Waals surface area contributed by atoms with Crippen LogP contribution in [0.1, 0.15) is 45.4 Å². The highest BCUT2D eigenvalue weighted by Gasteiger charge is 2.05. The van der Waals surface area contributed by atoms with Crippen molar-refractivity contribution in [3.8, 4) is 6.07 Å². The van der Waals surface area contributed by atoms with Crippen LogP contribution in [0.5, 0.6) is 0 Å². The van der Waals surface area contributed by atoms with Crippen molar-refractivity contribution < 1.29 is 4.79 Å². The van der Waals surface area contributed by atoms with Crippen molar-refractivity contribution in [2.45, 2.75) is 45.4 Å². The molecule has 68 valence electrons. The van der Waals surface area contributed by atoms with Crippen LogP contribution >= 0.6 is 0 Å². The van der Waals surface area contributed by atoms with Gasteiger partial charge in [-0.2, -0.15) is 5.26 Å². The summed E-state index contributed by atoms with van der Waals surface area (Å²) in [5.41, 5.74) is 0. The van der Waals surface area contributed by atoms with Crippen LogP contribution in [0.4, 0.5) is 0 Å². The number of carbonyl (C=O) groups is 1. The summed E-state index contributed by atoms with van der Waals surface area (Å²) in [4.78, 5) is 10.4. The quantitative estimate of drug-likeness (QED) is 0.432. The van der Waals surface area contributed by atoms with Crippen LogP contribution in [-0.2, 0) is 4.79 Å². The zero-order chi connectivity index (χ0) is 9.23. The van der Waals surface area contributed by atoms with Crippen molar-refractivity contribution in [3.05, 3.63) is 0 Å². The van der Waals surface area contributed by atoms with Gasteiger partial charge in [0.15, 0.2) is 0 Å². The fourth-order valence-electron chi connectivity index (χ4n) is 1.17. The SMILES string of the molecule is CCCCCC[C@@H](C=O)CC#N. The average Bonchev–Trinajstić information content (AvgIpc) is 2.10. The molecule has 0 spiro atoms. The number of unbranched alkanes of at least 4 members (excludes halogenated alkanes) is 3. The number of hydrogen-bond donors (Lipinski definition) is 0. The van der Waals surface area contributed by atoms with Gasteiger partial charge in [0, 0.05) is 12.3 Å². The normalized spacial score (nSPS) is 12.0. The molecule has 0 aliphatic heterocycles. The van der Waals surface area contributed by atoms with Crippen molar-refractivity contribution in [1.82, 2.24) is 0 Å². The minimum Gasteiger partial charge on any atom is -0.303 e. The lowest BCUT2D eigenvalue weighted by Crippen LogP contribution is -2.00. The van der Waals surface area contributed by atoms with Crippen molar-refractivity contribution in [2.75, 3.05) is 0 Å². The van der Waals surface area contributed by atoms with Crippen LogP contribution in [0.3, 0.4) is 0 Å². The second-order valence-electron chi connectivity index (χ2n) is 3.11. The summed E-state index contributed by atoms with van der Waals surface area (Å²) in [6.07, 6.45) is 6.90. The van der Waals surface area contributed by atoms with Crippen LogP contribution in [-0.4, -0.2) is 6.29 Å². The third kappa shape index (κ3) is 5.91. The number of carbonyl (C=O) groups excluding carboxylic acids is 1. The van der Waals surface area contributed by atoms with Gasteiger partial charge in [-0.1, -0.05) is 32.6 Å². The van der Waals surface area contributed by atoms with Crippen LogP contribution in [0.25, 0.3) is 0 Å². The molecular weight excluding hydrogens is 150 g/mol. The number of hydrogen-bond acceptors (Lipinski definition) is 2. The zero-order valence-corrected chi connectivity index (χ0v) is 7.75. The molecule has 0 aromatic rings. The highest BCUT2D eigenvalue weighted by molar-refractivity contribution is 5.53. The molecule has 0 saturated carbocycles. The third-order valence-electron chi connectivity index (χ3n) is 1.97. The Morgan fingerprint density at radius 3 is 2.67 bits per heavy atom. The van der Waals surface area contributed by atoms with E-state index in [2.05, 4.69) is 6.92 Å². The molecule has 12 heavy (non-hydrogen) atoms. The van der Waals surface area contributed by atoms with E-state index in [0.29, 0.717) is 6.42 Å². The van der Waals surface area contributed by atoms with Crippen molar-refractivity contribution in [3.63, 3.8) is 0 Å². The number of rotatable bonds is 7. The highest BCUT2D eigenvalue weighted by atomic mass is 16.1. The summed E-state index contributed by atoms with van der Waals surface area (Å²) < 4.78 is 0. The Balaban J connectivity index is 3.33. The van der Waals surface area contributed by atoms with E-state index in [1.54, 1.807) is 0 Å². The molecule has 0 fully saturated rings. The molecule has 0 aliphatic rings. The second-order valence-corrected chi connectivity index (χ2v) is 3.11. The third-order valence-corrected chi connectivity index (χ3v) is 1.97. The van der Waals surface area contributed by atoms with Gasteiger partial charge < -0.3 is 4.79 Å². The van der Waals surface area contributed by atoms with Crippen LogP contribution < -0.4 is 0 Å². The first kappa shape index (κ1) is 11.2. The molecular formula is C10H17NO. The van der Waals surface area contributed by atoms with Crippen molar-refractivity contribution in [2.24, 2.45) is 5.92 Å². The molecule has 0 rings (SSSR count). The van der Waals surface area contributed by atoms with Crippen LogP contribution in [0.2, 0.25) is 0 Å². The first-order valence-corrected chi connectivity index (χ1v) is 4.67. The van der Waals surface area contributed by atoms with Gasteiger partial charge >= 0.3 is 0 Å². The molecule has 1 atom stereocenters. The van der Waals surface area contributed by atoms with E-state index >= 15 is 0 Å². The predicted molar refractivity (Wildman–Crippen MR) is 48.5 cm³/mol. The summed E-state index contributed by atoms with van der Waals surface area (Å²) in [6.45, 7) is 2.16. The monoisotopic (exact) mass is 167 g/mol. The average molecular weight is 167 g/mol. The maximum Gasteiger partial charge on any atom is 0.124 e. The largest absolute Gasteiger partial charge is 0.303 e. The molecule has 0 unspecified atom stereocenters. The van der Waals surface area contributed by atoms with Gasteiger partial charge in [0.25, 0.3) is 0 Å². The van der Waals surface area contributed by atoms with Crippen molar-refractivity contribution >= 4 is 6.29 Å². The molecule has 2 nitrogen and oxygen atoms in total. The van der Waals surface area contributed by atoms with Gasteiger partial charge in [0.2, 0.25) is 0 Å². The van der Waals surface area contributed by atoms with Crippen LogP contribution in [0, 0.1) is 17.2 Å². The van der Waals surface area contributed by atoms with Crippen molar-refractivity contribution in [1.29, 1.82) is 5.26 Å². The maximum absolute atomic E-state index is 10.4. The number of nitrogens with zero attached hydrogens (tertiary/aromatic N) is 1. The van der Waals surface area contributed by atoms with E-state index in [4.69, 9.17) is 5.26 Å². The molecule has 0 N–H and O–H groups in total. The standard InChI is InChI=1S/C10H17NO/c1-2-3-4-5-6-10(9-12)7-8-11/h9-10H,2-7H2,1H3/t10-/m1/s1. The van der Waals surface area contributed by atoms with Gasteiger partial charge in [-0.15, -0.1) is 0 Å². The molecule has 0 aromatic heterocycles. The fourth-order valence-corrected chi connectivity index (χ4v) is 1.17. The molecule has 0 heterocycles. The summed E-state index contributed by atoms with van der Waals surface area (Å²) in [5.74, 6) is -0.0214. The van der Waals surface area contributed by atoms with Gasteiger partial charge in [-0.3, -0.25) is 0 Å². The van der Waals surface area contributed by atoms with E-state index in [-0.39, 0.29) is 5.92 Å². The smallest absolute Gasteiger partial charge is 0.124 e. The fraction of sp³-hybridized carbons (Fsp3) is 0.800. The maximum atomic E-state index is 10.4. The Kier molecular flexibility index (Phi) is 7.68. The van der Waals surface area contributed by atoms with Gasteiger partial charge in [0.1, 0.15) is 6.29 Å². The number of nitriles is 1. The molecule has 0 aliphatic carbocycles. The van der Waals surface area contributed by atoms with E-state index in [0.717, 1.165) is 19.1 Å². The summed E-state index contributed by atoms with van der Waals surface area (Å²) in [6, 6.07) is 2.03. The molecule has 0 aromatic carbocycles. The summed E-state index contributed by atoms with van der Waals surface area (Å²) >= 11 is 0. The Labute approximate surface area is 74.6 Å². The zero-order valence-electron chi connectivity index (χ0n) is 7.75. The lowest BCUT2D eigenvalue weighted by molar-refractivity contribution is -0.111. The first-order chi connectivity index (χ1) is 5.85. The van der Waals surface area contributed by atoms with E-state index in [1.165, 1.54) is 19.3 Å². The summed E-state index contributed by atoms with van der Waals surface area (Å²) in [7, 11) is 0. The second kappa shape index (κ2) is 8.26. The Bertz CT molecular complexity index is 148. The lowest BCUT2D eigenvalue weighted by atomic mass is 10.00. The van der Waals surface area contributed by atoms with Gasteiger partial charge in [-0.25, -0.2) is 0 Å². The first-order valence-electron chi connectivity index (χ1n) is 4.67. The summed E-state index contributed by atoms with van der Waals surface area (Å²) in [5, 5.41) is 8.36. The highest BCUT2D eigenvalue weighted by Crippen LogP contribution is 2.11. The molecule has 2 heteroatoms. The predicted octanol–water partition coefficient (Wildman–Crippen LogP) is 2.69. The molecule has 0 amide bonds. The van der Waals surface area contributed by atoms with Crippen LogP contribution in [0.15, 0.2) is 0 Å². The lowest BCUT2D eigenvalue weighted by Gasteiger charge is -2.03. The molecule has 0 radical (unpaired) electrons. The Hall–Kier alpha value is -0.840. The molecule has 0 bridgehead atoms.